The number of ether oxygens (including phenoxy) is 1. The van der Waals surface area contributed by atoms with Gasteiger partial charge in [0.25, 0.3) is 0 Å². The first-order valence-electron chi connectivity index (χ1n) is 8.23. The lowest BCUT2D eigenvalue weighted by Gasteiger charge is -2.17. The number of amides is 2. The quantitative estimate of drug-likeness (QED) is 0.895. The minimum Gasteiger partial charge on any atom is -0.376 e. The van der Waals surface area contributed by atoms with E-state index >= 15 is 0 Å². The Hall–Kier alpha value is -1.21. The molecule has 6 nitrogen and oxygen atoms in total. The van der Waals surface area contributed by atoms with E-state index in [1.165, 1.54) is 0 Å². The van der Waals surface area contributed by atoms with Crippen LogP contribution in [0.2, 0.25) is 0 Å². The fraction of sp³-hybridized carbons (Fsp3) is 0.812. The Bertz CT molecular complexity index is 524. The van der Waals surface area contributed by atoms with Crippen molar-refractivity contribution in [1.82, 2.24) is 20.4 Å². The normalized spacial score (nSPS) is 18.7. The molecule has 1 aliphatic heterocycles. The summed E-state index contributed by atoms with van der Waals surface area (Å²) in [6, 6.07) is -0.0480. The van der Waals surface area contributed by atoms with Crippen molar-refractivity contribution in [3.63, 3.8) is 0 Å². The summed E-state index contributed by atoms with van der Waals surface area (Å²) in [5.41, 5.74) is -0.00411. The zero-order valence-electron chi connectivity index (χ0n) is 14.8. The van der Waals surface area contributed by atoms with Gasteiger partial charge >= 0.3 is 6.03 Å². The van der Waals surface area contributed by atoms with Crippen molar-refractivity contribution in [3.05, 3.63) is 10.0 Å². The summed E-state index contributed by atoms with van der Waals surface area (Å²) in [4.78, 5) is 14.0. The monoisotopic (exact) mass is 340 g/mol. The molecule has 1 aliphatic rings. The Balaban J connectivity index is 1.76. The summed E-state index contributed by atoms with van der Waals surface area (Å²) in [5, 5.41) is 13.1. The lowest BCUT2D eigenvalue weighted by Crippen LogP contribution is -2.38. The van der Waals surface area contributed by atoms with Crippen LogP contribution in [0.1, 0.15) is 51.1 Å². The molecule has 1 aromatic rings. The van der Waals surface area contributed by atoms with E-state index in [1.54, 1.807) is 11.3 Å². The molecule has 1 N–H and O–H groups in total. The second kappa shape index (κ2) is 7.57. The number of likely N-dealkylation sites (tertiary alicyclic amines) is 1. The van der Waals surface area contributed by atoms with E-state index < -0.39 is 0 Å². The molecule has 0 aromatic carbocycles. The molecule has 2 heterocycles. The van der Waals surface area contributed by atoms with Gasteiger partial charge in [-0.1, -0.05) is 46.0 Å². The summed E-state index contributed by atoms with van der Waals surface area (Å²) in [6.45, 7) is 13.2. The maximum Gasteiger partial charge on any atom is 0.317 e. The van der Waals surface area contributed by atoms with Gasteiger partial charge in [-0.15, -0.1) is 10.2 Å². The maximum absolute atomic E-state index is 12.2. The smallest absolute Gasteiger partial charge is 0.317 e. The first-order valence-corrected chi connectivity index (χ1v) is 9.04. The van der Waals surface area contributed by atoms with E-state index in [9.17, 15) is 4.79 Å². The number of urea groups is 1. The number of hydrogen-bond acceptors (Lipinski definition) is 5. The van der Waals surface area contributed by atoms with Crippen LogP contribution >= 0.6 is 11.3 Å². The number of carbonyl (C=O) groups excluding carboxylic acids is 1. The van der Waals surface area contributed by atoms with Crippen LogP contribution in [0, 0.1) is 5.92 Å². The van der Waals surface area contributed by atoms with Crippen molar-refractivity contribution in [2.75, 3.05) is 19.7 Å². The van der Waals surface area contributed by atoms with Gasteiger partial charge in [-0.3, -0.25) is 0 Å². The fourth-order valence-corrected chi connectivity index (χ4v) is 3.11. The van der Waals surface area contributed by atoms with Crippen LogP contribution in [-0.2, 0) is 16.7 Å². The highest BCUT2D eigenvalue weighted by Crippen LogP contribution is 2.25. The third-order valence-corrected chi connectivity index (χ3v) is 4.95. The molecule has 0 spiro atoms. The molecule has 0 bridgehead atoms. The number of nitrogens with one attached hydrogen (secondary N) is 1. The highest BCUT2D eigenvalue weighted by atomic mass is 32.1. The van der Waals surface area contributed by atoms with Gasteiger partial charge < -0.3 is 15.0 Å². The molecule has 0 saturated carbocycles. The van der Waals surface area contributed by atoms with Gasteiger partial charge in [0.1, 0.15) is 10.0 Å². The Morgan fingerprint density at radius 1 is 1.43 bits per heavy atom. The van der Waals surface area contributed by atoms with Crippen LogP contribution in [-0.4, -0.2) is 46.9 Å². The third-order valence-electron chi connectivity index (χ3n) is 3.60. The summed E-state index contributed by atoms with van der Waals surface area (Å²) < 4.78 is 5.81. The third kappa shape index (κ3) is 5.42. The van der Waals surface area contributed by atoms with Gasteiger partial charge in [0.15, 0.2) is 0 Å². The molecule has 23 heavy (non-hydrogen) atoms. The number of carbonyl (C=O) groups is 1. The molecule has 1 aromatic heterocycles. The highest BCUT2D eigenvalue weighted by molar-refractivity contribution is 7.11. The number of hydrogen-bond donors (Lipinski definition) is 1. The van der Waals surface area contributed by atoms with Gasteiger partial charge in [-0.05, 0) is 12.3 Å². The minimum absolute atomic E-state index is 0.00411. The van der Waals surface area contributed by atoms with E-state index in [4.69, 9.17) is 4.74 Å². The van der Waals surface area contributed by atoms with Crippen molar-refractivity contribution in [3.8, 4) is 0 Å². The van der Waals surface area contributed by atoms with Gasteiger partial charge in [-0.25, -0.2) is 4.79 Å². The summed E-state index contributed by atoms with van der Waals surface area (Å²) in [6.07, 6.45) is 1.07. The van der Waals surface area contributed by atoms with Gasteiger partial charge in [0.05, 0.1) is 12.6 Å². The summed E-state index contributed by atoms with van der Waals surface area (Å²) >= 11 is 1.56. The Morgan fingerprint density at radius 3 is 2.78 bits per heavy atom. The van der Waals surface area contributed by atoms with Crippen LogP contribution in [0.5, 0.6) is 0 Å². The lowest BCUT2D eigenvalue weighted by molar-refractivity contribution is 0.0436. The standard InChI is InChI=1S/C16H28N4O2S/c1-11(2)10-22-12-6-7-20(9-12)15(21)17-8-13-18-19-14(23-13)16(3,4)5/h11-12H,6-10H2,1-5H3,(H,17,21)/t12-/m0/s1. The predicted octanol–water partition coefficient (Wildman–Crippen LogP) is 2.79. The summed E-state index contributed by atoms with van der Waals surface area (Å²) in [5.74, 6) is 0.521. The zero-order valence-corrected chi connectivity index (χ0v) is 15.6. The van der Waals surface area contributed by atoms with E-state index in [0.717, 1.165) is 29.6 Å². The van der Waals surface area contributed by atoms with Crippen LogP contribution in [0.25, 0.3) is 0 Å². The van der Waals surface area contributed by atoms with Crippen molar-refractivity contribution in [1.29, 1.82) is 0 Å². The molecule has 2 rings (SSSR count). The minimum atomic E-state index is -0.0480. The molecular weight excluding hydrogens is 312 g/mol. The SMILES string of the molecule is CC(C)CO[C@H]1CCN(C(=O)NCc2nnc(C(C)(C)C)s2)C1. The Kier molecular flexibility index (Phi) is 5.97. The average Bonchev–Trinajstić information content (AvgIpc) is 3.11. The molecule has 1 atom stereocenters. The molecular formula is C16H28N4O2S. The van der Waals surface area contributed by atoms with Crippen LogP contribution < -0.4 is 5.32 Å². The molecule has 1 fully saturated rings. The van der Waals surface area contributed by atoms with Crippen molar-refractivity contribution >= 4 is 17.4 Å². The fourth-order valence-electron chi connectivity index (χ4n) is 2.27. The van der Waals surface area contributed by atoms with Crippen molar-refractivity contribution in [2.45, 2.75) is 59.1 Å². The molecule has 2 amide bonds. The predicted molar refractivity (Wildman–Crippen MR) is 91.6 cm³/mol. The van der Waals surface area contributed by atoms with E-state index in [1.807, 2.05) is 4.90 Å². The Labute approximate surface area is 142 Å². The molecule has 7 heteroatoms. The molecule has 1 saturated heterocycles. The van der Waals surface area contributed by atoms with Crippen LogP contribution in [0.3, 0.4) is 0 Å². The van der Waals surface area contributed by atoms with Gasteiger partial charge in [0, 0.05) is 25.1 Å². The van der Waals surface area contributed by atoms with E-state index in [2.05, 4.69) is 50.1 Å². The van der Waals surface area contributed by atoms with E-state index in [0.29, 0.717) is 19.0 Å². The second-order valence-corrected chi connectivity index (χ2v) is 8.56. The molecule has 0 aliphatic carbocycles. The first kappa shape index (κ1) is 18.1. The maximum atomic E-state index is 12.2. The second-order valence-electron chi connectivity index (χ2n) is 7.49. The zero-order chi connectivity index (χ0) is 17.0. The van der Waals surface area contributed by atoms with Crippen molar-refractivity contribution in [2.24, 2.45) is 5.92 Å². The molecule has 130 valence electrons. The van der Waals surface area contributed by atoms with Crippen LogP contribution in [0.4, 0.5) is 4.79 Å². The highest BCUT2D eigenvalue weighted by Gasteiger charge is 2.27. The topological polar surface area (TPSA) is 67.3 Å². The first-order chi connectivity index (χ1) is 10.8. The average molecular weight is 340 g/mol. The van der Waals surface area contributed by atoms with Gasteiger partial charge in [0.2, 0.25) is 0 Å². The molecule has 0 radical (unpaired) electrons. The number of aromatic nitrogens is 2. The molecule has 0 unspecified atom stereocenters. The van der Waals surface area contributed by atoms with Gasteiger partial charge in [-0.2, -0.15) is 0 Å². The van der Waals surface area contributed by atoms with Crippen LogP contribution in [0.15, 0.2) is 0 Å². The van der Waals surface area contributed by atoms with E-state index in [-0.39, 0.29) is 17.6 Å². The number of rotatable bonds is 5. The number of nitrogens with zero attached hydrogens (tertiary/aromatic N) is 3. The van der Waals surface area contributed by atoms with Crippen molar-refractivity contribution < 1.29 is 9.53 Å². The Morgan fingerprint density at radius 2 is 2.17 bits per heavy atom. The summed E-state index contributed by atoms with van der Waals surface area (Å²) in [7, 11) is 0. The lowest BCUT2D eigenvalue weighted by atomic mass is 9.98. The largest absolute Gasteiger partial charge is 0.376 e.